The van der Waals surface area contributed by atoms with Gasteiger partial charge in [0, 0.05) is 26.2 Å². The smallest absolute Gasteiger partial charge is 0.226 e. The Morgan fingerprint density at radius 3 is 2.45 bits per heavy atom. The van der Waals surface area contributed by atoms with Gasteiger partial charge in [-0.1, -0.05) is 60.2 Å². The topological polar surface area (TPSA) is 23.6 Å². The highest BCUT2D eigenvalue weighted by atomic mass is 16.2. The van der Waals surface area contributed by atoms with Crippen molar-refractivity contribution in [3.8, 4) is 0 Å². The van der Waals surface area contributed by atoms with Crippen LogP contribution in [0.1, 0.15) is 42.4 Å². The predicted octanol–water partition coefficient (Wildman–Crippen LogP) is 4.69. The van der Waals surface area contributed by atoms with E-state index in [1.165, 1.54) is 16.7 Å². The Hall–Kier alpha value is -2.13. The maximum absolute atomic E-state index is 13.2. The standard InChI is InChI=1S/C26H34N2O/c1-21-7-5-10-24(17-21)19-27-14-6-11-25(20-27)26(29)28-15-12-23(13-16-28)18-22-8-3-2-4-9-22/h2-5,7-10,17,23,25H,6,11-16,18-20H2,1H3. The number of piperidine rings is 2. The SMILES string of the molecule is Cc1cccc(CN2CCCC(C(=O)N3CCC(Cc4ccccc4)CC3)C2)c1. The van der Waals surface area contributed by atoms with Gasteiger partial charge in [0.15, 0.2) is 0 Å². The van der Waals surface area contributed by atoms with Gasteiger partial charge in [-0.05, 0) is 62.6 Å². The normalized spacial score (nSPS) is 21.3. The van der Waals surface area contributed by atoms with Crippen molar-refractivity contribution in [1.29, 1.82) is 0 Å². The number of hydrogen-bond acceptors (Lipinski definition) is 2. The Bertz CT molecular complexity index is 795. The van der Waals surface area contributed by atoms with Gasteiger partial charge in [0.05, 0.1) is 5.92 Å². The van der Waals surface area contributed by atoms with Gasteiger partial charge in [-0.15, -0.1) is 0 Å². The van der Waals surface area contributed by atoms with Crippen LogP contribution in [-0.4, -0.2) is 41.9 Å². The van der Waals surface area contributed by atoms with Gasteiger partial charge in [-0.25, -0.2) is 0 Å². The van der Waals surface area contributed by atoms with Gasteiger partial charge in [0.25, 0.3) is 0 Å². The molecule has 2 aromatic rings. The molecule has 3 heteroatoms. The zero-order valence-corrected chi connectivity index (χ0v) is 17.7. The maximum Gasteiger partial charge on any atom is 0.226 e. The van der Waals surface area contributed by atoms with E-state index in [0.29, 0.717) is 11.8 Å². The summed E-state index contributed by atoms with van der Waals surface area (Å²) in [5.41, 5.74) is 4.10. The summed E-state index contributed by atoms with van der Waals surface area (Å²) in [6, 6.07) is 19.5. The van der Waals surface area contributed by atoms with Crippen molar-refractivity contribution in [2.75, 3.05) is 26.2 Å². The van der Waals surface area contributed by atoms with E-state index >= 15 is 0 Å². The first-order valence-electron chi connectivity index (χ1n) is 11.3. The molecule has 1 amide bonds. The van der Waals surface area contributed by atoms with E-state index in [1.807, 2.05) is 0 Å². The van der Waals surface area contributed by atoms with Gasteiger partial charge in [-0.3, -0.25) is 9.69 Å². The molecule has 0 aliphatic carbocycles. The Morgan fingerprint density at radius 2 is 1.69 bits per heavy atom. The number of benzene rings is 2. The van der Waals surface area contributed by atoms with Gasteiger partial charge in [0.2, 0.25) is 5.91 Å². The van der Waals surface area contributed by atoms with Crippen LogP contribution in [0.2, 0.25) is 0 Å². The average molecular weight is 391 g/mol. The molecule has 0 radical (unpaired) electrons. The fourth-order valence-electron chi connectivity index (χ4n) is 5.03. The van der Waals surface area contributed by atoms with Gasteiger partial charge >= 0.3 is 0 Å². The molecule has 3 nitrogen and oxygen atoms in total. The lowest BCUT2D eigenvalue weighted by Gasteiger charge is -2.38. The summed E-state index contributed by atoms with van der Waals surface area (Å²) in [6.45, 7) is 7.00. The molecule has 1 atom stereocenters. The van der Waals surface area contributed by atoms with Crippen molar-refractivity contribution in [1.82, 2.24) is 9.80 Å². The third kappa shape index (κ3) is 5.48. The number of rotatable bonds is 5. The lowest BCUT2D eigenvalue weighted by atomic mass is 9.89. The highest BCUT2D eigenvalue weighted by Gasteiger charge is 2.31. The Balaban J connectivity index is 1.27. The third-order valence-corrected chi connectivity index (χ3v) is 6.64. The molecule has 0 saturated carbocycles. The predicted molar refractivity (Wildman–Crippen MR) is 119 cm³/mol. The largest absolute Gasteiger partial charge is 0.342 e. The molecular formula is C26H34N2O. The molecule has 2 heterocycles. The van der Waals surface area contributed by atoms with Crippen LogP contribution in [0, 0.1) is 18.8 Å². The first-order valence-corrected chi connectivity index (χ1v) is 11.3. The highest BCUT2D eigenvalue weighted by Crippen LogP contribution is 2.26. The second kappa shape index (κ2) is 9.58. The summed E-state index contributed by atoms with van der Waals surface area (Å²) >= 11 is 0. The van der Waals surface area contributed by atoms with E-state index in [-0.39, 0.29) is 5.92 Å². The van der Waals surface area contributed by atoms with E-state index in [4.69, 9.17) is 0 Å². The number of amides is 1. The molecule has 0 spiro atoms. The Morgan fingerprint density at radius 1 is 0.931 bits per heavy atom. The van der Waals surface area contributed by atoms with Crippen LogP contribution in [0.25, 0.3) is 0 Å². The molecule has 2 fully saturated rings. The molecule has 2 aromatic carbocycles. The van der Waals surface area contributed by atoms with Crippen LogP contribution < -0.4 is 0 Å². The van der Waals surface area contributed by atoms with Crippen molar-refractivity contribution >= 4 is 5.91 Å². The van der Waals surface area contributed by atoms with Crippen LogP contribution in [0.3, 0.4) is 0 Å². The van der Waals surface area contributed by atoms with E-state index in [1.54, 1.807) is 0 Å². The van der Waals surface area contributed by atoms with Gasteiger partial charge in [0.1, 0.15) is 0 Å². The van der Waals surface area contributed by atoms with Crippen LogP contribution >= 0.6 is 0 Å². The van der Waals surface area contributed by atoms with Gasteiger partial charge < -0.3 is 4.90 Å². The number of carbonyl (C=O) groups is 1. The minimum absolute atomic E-state index is 0.180. The quantitative estimate of drug-likeness (QED) is 0.739. The second-order valence-corrected chi connectivity index (χ2v) is 9.02. The van der Waals surface area contributed by atoms with Crippen molar-refractivity contribution in [2.45, 2.75) is 45.6 Å². The first-order chi connectivity index (χ1) is 14.2. The number of likely N-dealkylation sites (tertiary alicyclic amines) is 2. The molecule has 4 rings (SSSR count). The first kappa shape index (κ1) is 20.2. The van der Waals surface area contributed by atoms with E-state index in [2.05, 4.69) is 71.3 Å². The Labute approximate surface area is 175 Å². The maximum atomic E-state index is 13.2. The Kier molecular flexibility index (Phi) is 6.66. The van der Waals surface area contributed by atoms with Crippen LogP contribution in [-0.2, 0) is 17.8 Å². The molecule has 2 saturated heterocycles. The molecule has 0 N–H and O–H groups in total. The molecule has 29 heavy (non-hydrogen) atoms. The monoisotopic (exact) mass is 390 g/mol. The van der Waals surface area contributed by atoms with Crippen molar-refractivity contribution in [3.05, 3.63) is 71.3 Å². The minimum Gasteiger partial charge on any atom is -0.342 e. The van der Waals surface area contributed by atoms with Crippen molar-refractivity contribution < 1.29 is 4.79 Å². The summed E-state index contributed by atoms with van der Waals surface area (Å²) in [4.78, 5) is 17.8. The fourth-order valence-corrected chi connectivity index (χ4v) is 5.03. The fraction of sp³-hybridized carbons (Fsp3) is 0.500. The number of aryl methyl sites for hydroxylation is 1. The van der Waals surface area contributed by atoms with E-state index < -0.39 is 0 Å². The molecule has 154 valence electrons. The summed E-state index contributed by atoms with van der Waals surface area (Å²) in [5, 5.41) is 0. The lowest BCUT2D eigenvalue weighted by molar-refractivity contribution is -0.138. The average Bonchev–Trinajstić information content (AvgIpc) is 2.75. The third-order valence-electron chi connectivity index (χ3n) is 6.64. The van der Waals surface area contributed by atoms with Crippen molar-refractivity contribution in [3.63, 3.8) is 0 Å². The molecule has 1 unspecified atom stereocenters. The van der Waals surface area contributed by atoms with Crippen LogP contribution in [0.4, 0.5) is 0 Å². The molecule has 2 aliphatic heterocycles. The van der Waals surface area contributed by atoms with Crippen molar-refractivity contribution in [2.24, 2.45) is 11.8 Å². The molecule has 2 aliphatic rings. The van der Waals surface area contributed by atoms with Crippen LogP contribution in [0.15, 0.2) is 54.6 Å². The summed E-state index contributed by atoms with van der Waals surface area (Å²) in [5.74, 6) is 1.29. The van der Waals surface area contributed by atoms with E-state index in [9.17, 15) is 4.79 Å². The number of hydrogen-bond donors (Lipinski definition) is 0. The highest BCUT2D eigenvalue weighted by molar-refractivity contribution is 5.79. The van der Waals surface area contributed by atoms with E-state index in [0.717, 1.165) is 64.8 Å². The summed E-state index contributed by atoms with van der Waals surface area (Å²) in [7, 11) is 0. The van der Waals surface area contributed by atoms with Crippen LogP contribution in [0.5, 0.6) is 0 Å². The summed E-state index contributed by atoms with van der Waals surface area (Å²) < 4.78 is 0. The molecule has 0 bridgehead atoms. The second-order valence-electron chi connectivity index (χ2n) is 9.02. The van der Waals surface area contributed by atoms with Gasteiger partial charge in [-0.2, -0.15) is 0 Å². The number of carbonyl (C=O) groups excluding carboxylic acids is 1. The minimum atomic E-state index is 0.180. The summed E-state index contributed by atoms with van der Waals surface area (Å²) in [6.07, 6.45) is 5.61. The molecule has 0 aromatic heterocycles. The zero-order valence-electron chi connectivity index (χ0n) is 17.7. The lowest BCUT2D eigenvalue weighted by Crippen LogP contribution is -2.47. The zero-order chi connectivity index (χ0) is 20.1. The number of nitrogens with zero attached hydrogens (tertiary/aromatic N) is 2. The molecular weight excluding hydrogens is 356 g/mol.